The van der Waals surface area contributed by atoms with Crippen LogP contribution in [0.2, 0.25) is 0 Å². The van der Waals surface area contributed by atoms with Crippen LogP contribution in [0.25, 0.3) is 54.6 Å². The van der Waals surface area contributed by atoms with Gasteiger partial charge in [-0.25, -0.2) is 0 Å². The van der Waals surface area contributed by atoms with E-state index in [2.05, 4.69) is 97.1 Å². The van der Waals surface area contributed by atoms with E-state index in [0.717, 1.165) is 44.4 Å². The van der Waals surface area contributed by atoms with Gasteiger partial charge in [-0.05, 0) is 50.4 Å². The molecule has 0 aliphatic rings. The lowest BCUT2D eigenvalue weighted by atomic mass is 9.86. The molecule has 6 aromatic rings. The number of anilines is 2. The van der Waals surface area contributed by atoms with Crippen LogP contribution in [0.15, 0.2) is 109 Å². The third-order valence-corrected chi connectivity index (χ3v) is 6.40. The molecule has 0 unspecified atom stereocenters. The van der Waals surface area contributed by atoms with Crippen molar-refractivity contribution in [3.63, 3.8) is 0 Å². The molecule has 152 valence electrons. The van der Waals surface area contributed by atoms with Crippen LogP contribution in [-0.2, 0) is 0 Å². The SMILES string of the molecule is Nc1cccc2c(N)c(-c3cccc4ccccc34)c(-c3cccc4ccccc34)cc12. The minimum Gasteiger partial charge on any atom is -0.398 e. The molecule has 32 heavy (non-hydrogen) atoms. The molecule has 0 fully saturated rings. The largest absolute Gasteiger partial charge is 0.398 e. The molecular weight excluding hydrogens is 388 g/mol. The van der Waals surface area contributed by atoms with Gasteiger partial charge in [0.2, 0.25) is 0 Å². The number of hydrogen-bond donors (Lipinski definition) is 2. The van der Waals surface area contributed by atoms with Crippen LogP contribution in [0.1, 0.15) is 0 Å². The standard InChI is InChI=1S/C30H22N2/c31-28-17-7-16-25-26(28)18-27(23-14-5-10-19-8-1-3-12-21(19)23)29(30(25)32)24-15-6-11-20-9-2-4-13-22(20)24/h1-18H,31-32H2. The molecule has 0 saturated heterocycles. The molecule has 0 aliphatic carbocycles. The fourth-order valence-electron chi connectivity index (χ4n) is 4.88. The third-order valence-electron chi connectivity index (χ3n) is 6.40. The average molecular weight is 411 g/mol. The van der Waals surface area contributed by atoms with Gasteiger partial charge >= 0.3 is 0 Å². The molecule has 2 heteroatoms. The quantitative estimate of drug-likeness (QED) is 0.288. The van der Waals surface area contributed by atoms with Crippen molar-refractivity contribution in [1.82, 2.24) is 0 Å². The Balaban J connectivity index is 1.82. The van der Waals surface area contributed by atoms with Crippen molar-refractivity contribution in [3.05, 3.63) is 109 Å². The molecule has 0 spiro atoms. The summed E-state index contributed by atoms with van der Waals surface area (Å²) in [4.78, 5) is 0. The first-order valence-electron chi connectivity index (χ1n) is 10.8. The normalized spacial score (nSPS) is 11.4. The maximum absolute atomic E-state index is 6.94. The van der Waals surface area contributed by atoms with Crippen LogP contribution in [0.5, 0.6) is 0 Å². The maximum Gasteiger partial charge on any atom is 0.0480 e. The molecule has 0 aliphatic heterocycles. The van der Waals surface area contributed by atoms with E-state index in [0.29, 0.717) is 0 Å². The predicted octanol–water partition coefficient (Wildman–Crippen LogP) is 7.64. The van der Waals surface area contributed by atoms with E-state index in [9.17, 15) is 0 Å². The van der Waals surface area contributed by atoms with Crippen LogP contribution in [0.3, 0.4) is 0 Å². The van der Waals surface area contributed by atoms with Crippen LogP contribution in [0.4, 0.5) is 11.4 Å². The van der Waals surface area contributed by atoms with Gasteiger partial charge in [-0.15, -0.1) is 0 Å². The van der Waals surface area contributed by atoms with Gasteiger partial charge in [0.25, 0.3) is 0 Å². The highest BCUT2D eigenvalue weighted by Crippen LogP contribution is 2.46. The molecular formula is C30H22N2. The number of fused-ring (bicyclic) bond motifs is 3. The van der Waals surface area contributed by atoms with Crippen LogP contribution in [-0.4, -0.2) is 0 Å². The van der Waals surface area contributed by atoms with Gasteiger partial charge in [0.05, 0.1) is 0 Å². The molecule has 0 aromatic heterocycles. The monoisotopic (exact) mass is 410 g/mol. The first-order valence-corrected chi connectivity index (χ1v) is 10.8. The molecule has 0 heterocycles. The molecule has 0 radical (unpaired) electrons. The minimum atomic E-state index is 0.736. The fourth-order valence-corrected chi connectivity index (χ4v) is 4.88. The number of rotatable bonds is 2. The zero-order valence-electron chi connectivity index (χ0n) is 17.5. The molecule has 0 amide bonds. The van der Waals surface area contributed by atoms with Crippen molar-refractivity contribution in [2.45, 2.75) is 0 Å². The second kappa shape index (κ2) is 7.14. The second-order valence-corrected chi connectivity index (χ2v) is 8.21. The Hall–Kier alpha value is -4.30. The van der Waals surface area contributed by atoms with E-state index in [-0.39, 0.29) is 0 Å². The summed E-state index contributed by atoms with van der Waals surface area (Å²) in [5.41, 5.74) is 19.3. The first kappa shape index (κ1) is 18.5. The van der Waals surface area contributed by atoms with E-state index in [1.54, 1.807) is 0 Å². The van der Waals surface area contributed by atoms with Crippen molar-refractivity contribution in [2.24, 2.45) is 0 Å². The smallest absolute Gasteiger partial charge is 0.0480 e. The van der Waals surface area contributed by atoms with E-state index in [1.807, 2.05) is 12.1 Å². The van der Waals surface area contributed by atoms with E-state index >= 15 is 0 Å². The van der Waals surface area contributed by atoms with Gasteiger partial charge < -0.3 is 11.5 Å². The summed E-state index contributed by atoms with van der Waals surface area (Å²) in [6.45, 7) is 0. The number of benzene rings is 6. The summed E-state index contributed by atoms with van der Waals surface area (Å²) in [6.07, 6.45) is 0. The molecule has 4 N–H and O–H groups in total. The summed E-state index contributed by atoms with van der Waals surface area (Å²) < 4.78 is 0. The summed E-state index contributed by atoms with van der Waals surface area (Å²) in [7, 11) is 0. The summed E-state index contributed by atoms with van der Waals surface area (Å²) >= 11 is 0. The number of nitrogens with two attached hydrogens (primary N) is 2. The topological polar surface area (TPSA) is 52.0 Å². The summed E-state index contributed by atoms with van der Waals surface area (Å²) in [6, 6.07) is 38.0. The Morgan fingerprint density at radius 1 is 0.406 bits per heavy atom. The zero-order chi connectivity index (χ0) is 21.7. The molecule has 0 bridgehead atoms. The Morgan fingerprint density at radius 2 is 0.938 bits per heavy atom. The van der Waals surface area contributed by atoms with E-state index < -0.39 is 0 Å². The highest BCUT2D eigenvalue weighted by atomic mass is 14.6. The highest BCUT2D eigenvalue weighted by Gasteiger charge is 2.18. The second-order valence-electron chi connectivity index (χ2n) is 8.21. The van der Waals surface area contributed by atoms with Crippen molar-refractivity contribution in [3.8, 4) is 22.3 Å². The average Bonchev–Trinajstić information content (AvgIpc) is 2.84. The summed E-state index contributed by atoms with van der Waals surface area (Å²) in [5, 5.41) is 6.75. The highest BCUT2D eigenvalue weighted by molar-refractivity contribution is 6.16. The summed E-state index contributed by atoms with van der Waals surface area (Å²) in [5.74, 6) is 0. The van der Waals surface area contributed by atoms with Crippen LogP contribution in [0, 0.1) is 0 Å². The predicted molar refractivity (Wildman–Crippen MR) is 139 cm³/mol. The fraction of sp³-hybridized carbons (Fsp3) is 0. The van der Waals surface area contributed by atoms with Crippen LogP contribution < -0.4 is 11.5 Å². The van der Waals surface area contributed by atoms with Crippen molar-refractivity contribution >= 4 is 43.7 Å². The zero-order valence-corrected chi connectivity index (χ0v) is 17.5. The molecule has 6 rings (SSSR count). The van der Waals surface area contributed by atoms with E-state index in [1.165, 1.54) is 21.5 Å². The molecule has 2 nitrogen and oxygen atoms in total. The maximum atomic E-state index is 6.94. The molecule has 0 atom stereocenters. The van der Waals surface area contributed by atoms with Crippen molar-refractivity contribution in [1.29, 1.82) is 0 Å². The third kappa shape index (κ3) is 2.74. The van der Waals surface area contributed by atoms with Gasteiger partial charge in [0.15, 0.2) is 0 Å². The Kier molecular flexibility index (Phi) is 4.12. The van der Waals surface area contributed by atoms with E-state index in [4.69, 9.17) is 11.5 Å². The Morgan fingerprint density at radius 3 is 1.66 bits per heavy atom. The van der Waals surface area contributed by atoms with Gasteiger partial charge in [-0.1, -0.05) is 97.1 Å². The number of nitrogen functional groups attached to an aromatic ring is 2. The molecule has 0 saturated carbocycles. The van der Waals surface area contributed by atoms with Crippen molar-refractivity contribution < 1.29 is 0 Å². The number of hydrogen-bond acceptors (Lipinski definition) is 2. The lowest BCUT2D eigenvalue weighted by Gasteiger charge is -2.19. The van der Waals surface area contributed by atoms with Crippen molar-refractivity contribution in [2.75, 3.05) is 11.5 Å². The van der Waals surface area contributed by atoms with Crippen LogP contribution >= 0.6 is 0 Å². The first-order chi connectivity index (χ1) is 15.7. The minimum absolute atomic E-state index is 0.736. The Labute approximate surface area is 186 Å². The van der Waals surface area contributed by atoms with Gasteiger partial charge in [0, 0.05) is 27.7 Å². The van der Waals surface area contributed by atoms with Gasteiger partial charge in [-0.2, -0.15) is 0 Å². The van der Waals surface area contributed by atoms with Gasteiger partial charge in [-0.3, -0.25) is 0 Å². The lowest BCUT2D eigenvalue weighted by Crippen LogP contribution is -1.98. The lowest BCUT2D eigenvalue weighted by molar-refractivity contribution is 1.63. The molecule has 6 aromatic carbocycles. The van der Waals surface area contributed by atoms with Gasteiger partial charge in [0.1, 0.15) is 0 Å². The Bertz CT molecular complexity index is 1640.